The predicted octanol–water partition coefficient (Wildman–Crippen LogP) is 3.18. The summed E-state index contributed by atoms with van der Waals surface area (Å²) in [6.07, 6.45) is 2.05. The van der Waals surface area contributed by atoms with Gasteiger partial charge in [-0.2, -0.15) is 10.2 Å². The number of hydrogen-bond acceptors (Lipinski definition) is 5. The van der Waals surface area contributed by atoms with E-state index in [9.17, 15) is 5.26 Å². The monoisotopic (exact) mass is 340 g/mol. The maximum Gasteiger partial charge on any atom is 0.222 e. The molecule has 0 atom stereocenters. The lowest BCUT2D eigenvalue weighted by atomic mass is 10.1. The number of aromatic nitrogens is 3. The molecule has 0 amide bonds. The van der Waals surface area contributed by atoms with Crippen molar-refractivity contribution in [3.63, 3.8) is 0 Å². The number of hydrogen-bond donors (Lipinski definition) is 2. The summed E-state index contributed by atoms with van der Waals surface area (Å²) in [6.45, 7) is 0.757. The van der Waals surface area contributed by atoms with E-state index < -0.39 is 0 Å². The van der Waals surface area contributed by atoms with Crippen molar-refractivity contribution in [2.45, 2.75) is 6.54 Å². The van der Waals surface area contributed by atoms with E-state index in [2.05, 4.69) is 45.0 Å². The van der Waals surface area contributed by atoms with Crippen LogP contribution in [0.1, 0.15) is 11.1 Å². The van der Waals surface area contributed by atoms with Gasteiger partial charge in [0, 0.05) is 23.8 Å². The normalized spacial score (nSPS) is 10.7. The number of fused-ring (bicyclic) bond motifs is 1. The first kappa shape index (κ1) is 15.7. The molecule has 0 spiro atoms. The van der Waals surface area contributed by atoms with Crippen LogP contribution in [0.5, 0.6) is 0 Å². The Kier molecular flexibility index (Phi) is 3.75. The fourth-order valence-corrected chi connectivity index (χ4v) is 3.06. The predicted molar refractivity (Wildman–Crippen MR) is 102 cm³/mol. The molecule has 4 rings (SSSR count). The summed E-state index contributed by atoms with van der Waals surface area (Å²) in [5, 5.41) is 10.5. The van der Waals surface area contributed by atoms with E-state index in [1.165, 1.54) is 5.56 Å². The van der Waals surface area contributed by atoms with Crippen LogP contribution in [-0.2, 0) is 6.54 Å². The summed E-state index contributed by atoms with van der Waals surface area (Å²) in [7, 11) is 0. The Morgan fingerprint density at radius 3 is 2.58 bits per heavy atom. The van der Waals surface area contributed by atoms with Gasteiger partial charge in [-0.05, 0) is 23.1 Å². The lowest BCUT2D eigenvalue weighted by Gasteiger charge is -2.09. The second-order valence-corrected chi connectivity index (χ2v) is 6.01. The highest BCUT2D eigenvalue weighted by Crippen LogP contribution is 2.29. The maximum atomic E-state index is 9.42. The van der Waals surface area contributed by atoms with Gasteiger partial charge in [0.05, 0.1) is 5.69 Å². The van der Waals surface area contributed by atoms with Gasteiger partial charge >= 0.3 is 0 Å². The Labute approximate surface area is 150 Å². The van der Waals surface area contributed by atoms with Crippen LogP contribution in [0.25, 0.3) is 22.2 Å². The highest BCUT2D eigenvalue weighted by molar-refractivity contribution is 5.86. The van der Waals surface area contributed by atoms with Gasteiger partial charge in [0.15, 0.2) is 0 Å². The Bertz CT molecular complexity index is 1140. The molecule has 6 nitrogen and oxygen atoms in total. The molecule has 2 aromatic carbocycles. The van der Waals surface area contributed by atoms with E-state index in [0.29, 0.717) is 5.69 Å². The summed E-state index contributed by atoms with van der Waals surface area (Å²) in [6, 6.07) is 20.3. The molecule has 4 aromatic rings. The average molecular weight is 340 g/mol. The summed E-state index contributed by atoms with van der Waals surface area (Å²) < 4.78 is 2.16. The Hall–Kier alpha value is -3.85. The molecule has 0 radical (unpaired) electrons. The van der Waals surface area contributed by atoms with E-state index >= 15 is 0 Å². The average Bonchev–Trinajstić information content (AvgIpc) is 3.04. The number of nitrogens with zero attached hydrogens (tertiary/aromatic N) is 4. The molecule has 6 heteroatoms. The molecule has 0 aliphatic rings. The minimum atomic E-state index is 0.0521. The molecule has 0 unspecified atom stereocenters. The van der Waals surface area contributed by atoms with Crippen LogP contribution in [0.15, 0.2) is 60.8 Å². The quantitative estimate of drug-likeness (QED) is 0.595. The fraction of sp³-hybridized carbons (Fsp3) is 0.0500. The molecule has 2 heterocycles. The van der Waals surface area contributed by atoms with Crippen LogP contribution in [0.2, 0.25) is 0 Å². The molecule has 0 bridgehead atoms. The molecule has 4 N–H and O–H groups in total. The second kappa shape index (κ2) is 6.22. The third-order valence-corrected chi connectivity index (χ3v) is 4.31. The van der Waals surface area contributed by atoms with Crippen molar-refractivity contribution in [1.82, 2.24) is 14.5 Å². The molecule has 0 saturated heterocycles. The minimum absolute atomic E-state index is 0.0521. The first-order valence-electron chi connectivity index (χ1n) is 8.12. The van der Waals surface area contributed by atoms with E-state index in [1.807, 2.05) is 36.4 Å². The van der Waals surface area contributed by atoms with Crippen molar-refractivity contribution in [1.29, 1.82) is 5.26 Å². The third kappa shape index (κ3) is 2.72. The van der Waals surface area contributed by atoms with Crippen molar-refractivity contribution >= 4 is 22.7 Å². The molecule has 0 fully saturated rings. The summed E-state index contributed by atoms with van der Waals surface area (Å²) in [5.41, 5.74) is 15.3. The lowest BCUT2D eigenvalue weighted by Crippen LogP contribution is -2.05. The van der Waals surface area contributed by atoms with Crippen LogP contribution < -0.4 is 11.5 Å². The first-order chi connectivity index (χ1) is 12.7. The molecule has 0 aliphatic carbocycles. The van der Waals surface area contributed by atoms with Crippen LogP contribution in [0.4, 0.5) is 11.8 Å². The molecule has 0 aliphatic heterocycles. The number of nitriles is 1. The van der Waals surface area contributed by atoms with E-state index in [1.54, 1.807) is 0 Å². The smallest absolute Gasteiger partial charge is 0.222 e. The minimum Gasteiger partial charge on any atom is -0.382 e. The van der Waals surface area contributed by atoms with E-state index in [0.717, 1.165) is 23.0 Å². The van der Waals surface area contributed by atoms with Gasteiger partial charge in [-0.25, -0.2) is 4.98 Å². The van der Waals surface area contributed by atoms with Gasteiger partial charge in [-0.15, -0.1) is 0 Å². The van der Waals surface area contributed by atoms with Crippen molar-refractivity contribution < 1.29 is 0 Å². The number of anilines is 2. The molecule has 2 aromatic heterocycles. The number of nitrogen functional groups attached to an aromatic ring is 2. The lowest BCUT2D eigenvalue weighted by molar-refractivity contribution is 0.837. The van der Waals surface area contributed by atoms with Gasteiger partial charge in [-0.3, -0.25) is 0 Å². The van der Waals surface area contributed by atoms with Crippen molar-refractivity contribution in [2.24, 2.45) is 0 Å². The highest BCUT2D eigenvalue weighted by atomic mass is 15.0. The van der Waals surface area contributed by atoms with Gasteiger partial charge < -0.3 is 16.0 Å². The highest BCUT2D eigenvalue weighted by Gasteiger charge is 2.14. The van der Waals surface area contributed by atoms with Crippen molar-refractivity contribution in [3.05, 3.63) is 71.9 Å². The Morgan fingerprint density at radius 2 is 1.81 bits per heavy atom. The van der Waals surface area contributed by atoms with E-state index in [-0.39, 0.29) is 17.3 Å². The van der Waals surface area contributed by atoms with Crippen LogP contribution in [-0.4, -0.2) is 14.5 Å². The maximum absolute atomic E-state index is 9.42. The molecule has 0 saturated carbocycles. The molecule has 126 valence electrons. The van der Waals surface area contributed by atoms with Gasteiger partial charge in [0.2, 0.25) is 5.95 Å². The molecular formula is C20H16N6. The number of rotatable bonds is 3. The van der Waals surface area contributed by atoms with Crippen LogP contribution in [0, 0.1) is 11.3 Å². The largest absolute Gasteiger partial charge is 0.382 e. The van der Waals surface area contributed by atoms with E-state index in [4.69, 9.17) is 11.5 Å². The summed E-state index contributed by atoms with van der Waals surface area (Å²) in [4.78, 5) is 8.11. The molecular weight excluding hydrogens is 324 g/mol. The summed E-state index contributed by atoms with van der Waals surface area (Å²) in [5.74, 6) is 0.144. The SMILES string of the molecule is N#Cc1c(N)nc(N)nc1-c1ccc2ccn(Cc3ccccc3)c2c1. The summed E-state index contributed by atoms with van der Waals surface area (Å²) >= 11 is 0. The number of nitrogens with two attached hydrogens (primary N) is 2. The van der Waals surface area contributed by atoms with Crippen molar-refractivity contribution in [3.8, 4) is 17.3 Å². The van der Waals surface area contributed by atoms with Gasteiger partial charge in [0.1, 0.15) is 17.5 Å². The van der Waals surface area contributed by atoms with Crippen molar-refractivity contribution in [2.75, 3.05) is 11.5 Å². The van der Waals surface area contributed by atoms with Gasteiger partial charge in [0.25, 0.3) is 0 Å². The number of benzene rings is 2. The second-order valence-electron chi connectivity index (χ2n) is 6.01. The zero-order chi connectivity index (χ0) is 18.1. The fourth-order valence-electron chi connectivity index (χ4n) is 3.06. The zero-order valence-corrected chi connectivity index (χ0v) is 13.9. The van der Waals surface area contributed by atoms with Crippen LogP contribution >= 0.6 is 0 Å². The standard InChI is InChI=1S/C20H16N6/c21-11-16-18(24-20(23)25-19(16)22)15-7-6-14-8-9-26(17(14)10-15)12-13-4-2-1-3-5-13/h1-10H,12H2,(H4,22,23,24,25). The topological polar surface area (TPSA) is 107 Å². The Morgan fingerprint density at radius 1 is 1.00 bits per heavy atom. The first-order valence-corrected chi connectivity index (χ1v) is 8.12. The van der Waals surface area contributed by atoms with Crippen LogP contribution in [0.3, 0.4) is 0 Å². The van der Waals surface area contributed by atoms with Gasteiger partial charge in [-0.1, -0.05) is 42.5 Å². The molecule has 26 heavy (non-hydrogen) atoms. The Balaban J connectivity index is 1.84. The third-order valence-electron chi connectivity index (χ3n) is 4.31. The zero-order valence-electron chi connectivity index (χ0n) is 13.9.